The van der Waals surface area contributed by atoms with Gasteiger partial charge in [-0.1, -0.05) is 50.2 Å². The molecule has 0 saturated heterocycles. The molecule has 5 nitrogen and oxygen atoms in total. The van der Waals surface area contributed by atoms with E-state index in [1.54, 1.807) is 26.1 Å². The summed E-state index contributed by atoms with van der Waals surface area (Å²) < 4.78 is 0. The van der Waals surface area contributed by atoms with Crippen LogP contribution in [0.1, 0.15) is 19.4 Å². The van der Waals surface area contributed by atoms with Crippen LogP contribution in [-0.2, 0) is 9.59 Å². The molecule has 3 aromatic rings. The van der Waals surface area contributed by atoms with Gasteiger partial charge in [0.25, 0.3) is 0 Å². The molecule has 1 aliphatic carbocycles. The highest BCUT2D eigenvalue weighted by atomic mass is 32.1. The number of nitrogens with zero attached hydrogens (tertiary/aromatic N) is 1. The molecule has 0 radical (unpaired) electrons. The van der Waals surface area contributed by atoms with Gasteiger partial charge in [0, 0.05) is 33.8 Å². The van der Waals surface area contributed by atoms with Crippen molar-refractivity contribution < 1.29 is 14.7 Å². The summed E-state index contributed by atoms with van der Waals surface area (Å²) in [7, 11) is 0. The van der Waals surface area contributed by atoms with Crippen LogP contribution in [0.2, 0.25) is 0 Å². The number of carboxylic acid groups (broad SMARTS) is 1. The number of rotatable bonds is 3. The molecule has 144 valence electrons. The second-order valence-electron chi connectivity index (χ2n) is 7.40. The lowest BCUT2D eigenvalue weighted by Crippen LogP contribution is -2.26. The molecular weight excluding hydrogens is 384 g/mol. The van der Waals surface area contributed by atoms with Crippen molar-refractivity contribution in [1.82, 2.24) is 4.98 Å². The lowest BCUT2D eigenvalue weighted by Gasteiger charge is -2.30. The maximum absolute atomic E-state index is 12.2. The molecule has 0 atom stereocenters. The number of benzene rings is 2. The number of carboxylic acids is 1. The number of hydrogen-bond donors (Lipinski definition) is 2. The maximum Gasteiger partial charge on any atom is 0.337 e. The van der Waals surface area contributed by atoms with Crippen molar-refractivity contribution in [2.24, 2.45) is 11.1 Å². The second-order valence-corrected chi connectivity index (χ2v) is 8.29. The molecule has 1 heterocycles. The first-order chi connectivity index (χ1) is 13.8. The molecule has 6 heteroatoms. The molecule has 0 bridgehead atoms. The van der Waals surface area contributed by atoms with Crippen LogP contribution in [-0.4, -0.2) is 22.0 Å². The number of aliphatic carboxylic acids is 1. The Morgan fingerprint density at radius 3 is 2.45 bits per heavy atom. The fourth-order valence-corrected chi connectivity index (χ4v) is 4.56. The molecule has 1 aromatic heterocycles. The predicted molar refractivity (Wildman–Crippen MR) is 115 cm³/mol. The van der Waals surface area contributed by atoms with Crippen molar-refractivity contribution in [3.8, 4) is 10.6 Å². The first kappa shape index (κ1) is 18.9. The van der Waals surface area contributed by atoms with Gasteiger partial charge in [0.05, 0.1) is 11.1 Å². The Morgan fingerprint density at radius 1 is 1.17 bits per heavy atom. The van der Waals surface area contributed by atoms with Crippen LogP contribution in [0.5, 0.6) is 0 Å². The van der Waals surface area contributed by atoms with Crippen LogP contribution >= 0.6 is 11.3 Å². The van der Waals surface area contributed by atoms with Gasteiger partial charge in [-0.25, -0.2) is 14.6 Å². The van der Waals surface area contributed by atoms with E-state index in [4.69, 9.17) is 5.73 Å². The monoisotopic (exact) mass is 402 g/mol. The number of carbonyl (C=O) groups excluding carboxylic acids is 1. The van der Waals surface area contributed by atoms with Crippen LogP contribution < -0.4 is 5.73 Å². The van der Waals surface area contributed by atoms with Crippen LogP contribution in [0, 0.1) is 5.41 Å². The first-order valence-corrected chi connectivity index (χ1v) is 9.87. The Bertz CT molecular complexity index is 1260. The maximum atomic E-state index is 12.2. The van der Waals surface area contributed by atoms with Crippen molar-refractivity contribution in [3.05, 3.63) is 76.5 Å². The summed E-state index contributed by atoms with van der Waals surface area (Å²) in [5, 5.41) is 14.5. The summed E-state index contributed by atoms with van der Waals surface area (Å²) in [5.74, 6) is 0.651. The Kier molecular flexibility index (Phi) is 4.46. The van der Waals surface area contributed by atoms with Gasteiger partial charge in [0.1, 0.15) is 10.9 Å². The Labute approximate surface area is 171 Å². The SMILES string of the molecule is CC1(C)C=C(N)C(c2cccc3cccc(-c4nccs4)c23)=C(C(=O)O)C1=C=O. The first-order valence-electron chi connectivity index (χ1n) is 8.99. The molecule has 1 aliphatic rings. The summed E-state index contributed by atoms with van der Waals surface area (Å²) >= 11 is 1.50. The minimum atomic E-state index is -1.20. The minimum Gasteiger partial charge on any atom is -0.478 e. The zero-order valence-electron chi connectivity index (χ0n) is 15.9. The summed E-state index contributed by atoms with van der Waals surface area (Å²) in [6.07, 6.45) is 3.45. The number of fused-ring (bicyclic) bond motifs is 1. The van der Waals surface area contributed by atoms with Gasteiger partial charge in [0.15, 0.2) is 0 Å². The van der Waals surface area contributed by atoms with Crippen molar-refractivity contribution in [1.29, 1.82) is 0 Å². The minimum absolute atomic E-state index is 0.0814. The van der Waals surface area contributed by atoms with E-state index < -0.39 is 11.4 Å². The highest BCUT2D eigenvalue weighted by Crippen LogP contribution is 2.45. The van der Waals surface area contributed by atoms with Crippen LogP contribution in [0.4, 0.5) is 0 Å². The van der Waals surface area contributed by atoms with Gasteiger partial charge in [0.2, 0.25) is 0 Å². The van der Waals surface area contributed by atoms with Crippen molar-refractivity contribution >= 4 is 39.6 Å². The van der Waals surface area contributed by atoms with E-state index in [2.05, 4.69) is 4.98 Å². The molecular formula is C23H18N2O3S. The zero-order chi connectivity index (χ0) is 20.8. The Balaban J connectivity index is 2.15. The summed E-state index contributed by atoms with van der Waals surface area (Å²) in [6.45, 7) is 3.51. The third kappa shape index (κ3) is 2.99. The van der Waals surface area contributed by atoms with Gasteiger partial charge in [-0.2, -0.15) is 0 Å². The van der Waals surface area contributed by atoms with Gasteiger partial charge in [-0.05, 0) is 22.4 Å². The molecule has 29 heavy (non-hydrogen) atoms. The van der Waals surface area contributed by atoms with Gasteiger partial charge in [-0.3, -0.25) is 0 Å². The van der Waals surface area contributed by atoms with E-state index >= 15 is 0 Å². The average molecular weight is 402 g/mol. The average Bonchev–Trinajstić information content (AvgIpc) is 3.20. The summed E-state index contributed by atoms with van der Waals surface area (Å²) in [4.78, 5) is 28.4. The number of carbonyl (C=O) groups is 1. The van der Waals surface area contributed by atoms with Crippen LogP contribution in [0.25, 0.3) is 26.9 Å². The normalized spacial score (nSPS) is 15.9. The van der Waals surface area contributed by atoms with E-state index in [0.717, 1.165) is 21.3 Å². The van der Waals surface area contributed by atoms with Crippen molar-refractivity contribution in [2.75, 3.05) is 0 Å². The third-order valence-corrected chi connectivity index (χ3v) is 5.91. The molecule has 2 aromatic carbocycles. The lowest BCUT2D eigenvalue weighted by molar-refractivity contribution is -0.132. The fourth-order valence-electron chi connectivity index (χ4n) is 3.90. The molecule has 0 aliphatic heterocycles. The van der Waals surface area contributed by atoms with E-state index in [0.29, 0.717) is 16.8 Å². The Hall–Kier alpha value is -3.47. The van der Waals surface area contributed by atoms with Crippen LogP contribution in [0.3, 0.4) is 0 Å². The standard InChI is InChI=1S/C23H18N2O3S/c1-23(2)11-17(24)19(20(22(27)28)16(23)12-26)14-7-3-5-13-6-4-8-15(18(13)14)21-25-9-10-29-21/h3-11H,24H2,1-2H3,(H,27,28). The third-order valence-electron chi connectivity index (χ3n) is 5.10. The number of aromatic nitrogens is 1. The topological polar surface area (TPSA) is 93.3 Å². The second kappa shape index (κ2) is 6.85. The van der Waals surface area contributed by atoms with Gasteiger partial charge < -0.3 is 10.8 Å². The van der Waals surface area contributed by atoms with Gasteiger partial charge >= 0.3 is 5.97 Å². The quantitative estimate of drug-likeness (QED) is 0.632. The van der Waals surface area contributed by atoms with E-state index in [-0.39, 0.29) is 11.1 Å². The fraction of sp³-hybridized carbons (Fsp3) is 0.130. The number of hydrogen-bond acceptors (Lipinski definition) is 5. The highest BCUT2D eigenvalue weighted by molar-refractivity contribution is 7.13. The smallest absolute Gasteiger partial charge is 0.337 e. The molecule has 4 rings (SSSR count). The van der Waals surface area contributed by atoms with Crippen molar-refractivity contribution in [3.63, 3.8) is 0 Å². The molecule has 0 unspecified atom stereocenters. The largest absolute Gasteiger partial charge is 0.478 e. The van der Waals surface area contributed by atoms with Gasteiger partial charge in [-0.15, -0.1) is 11.3 Å². The molecule has 0 amide bonds. The van der Waals surface area contributed by atoms with E-state index in [1.165, 1.54) is 11.3 Å². The lowest BCUT2D eigenvalue weighted by atomic mass is 9.72. The van der Waals surface area contributed by atoms with E-state index in [9.17, 15) is 14.7 Å². The summed E-state index contributed by atoms with van der Waals surface area (Å²) in [5.41, 5.74) is 7.73. The number of nitrogens with two attached hydrogens (primary N) is 1. The molecule has 3 N–H and O–H groups in total. The highest BCUT2D eigenvalue weighted by Gasteiger charge is 2.37. The molecule has 0 spiro atoms. The van der Waals surface area contributed by atoms with Crippen molar-refractivity contribution in [2.45, 2.75) is 13.8 Å². The number of thiazole rings is 1. The van der Waals surface area contributed by atoms with Crippen LogP contribution in [0.15, 0.2) is 70.9 Å². The van der Waals surface area contributed by atoms with E-state index in [1.807, 2.05) is 47.7 Å². The molecule has 0 saturated carbocycles. The Morgan fingerprint density at radius 2 is 1.86 bits per heavy atom. The number of allylic oxidation sites excluding steroid dienone is 2. The zero-order valence-corrected chi connectivity index (χ0v) is 16.7. The predicted octanol–water partition coefficient (Wildman–Crippen LogP) is 4.44. The summed E-state index contributed by atoms with van der Waals surface area (Å²) in [6, 6.07) is 11.5. The molecule has 0 fully saturated rings.